The van der Waals surface area contributed by atoms with Crippen LogP contribution in [0.5, 0.6) is 5.75 Å². The van der Waals surface area contributed by atoms with E-state index in [0.29, 0.717) is 35.8 Å². The fraction of sp³-hybridized carbons (Fsp3) is 0.381. The molecule has 1 aromatic carbocycles. The van der Waals surface area contributed by atoms with E-state index in [-0.39, 0.29) is 18.0 Å². The third-order valence-electron chi connectivity index (χ3n) is 4.59. The molecule has 0 atom stereocenters. The minimum Gasteiger partial charge on any atom is -0.492 e. The van der Waals surface area contributed by atoms with Crippen LogP contribution in [0.3, 0.4) is 0 Å². The normalized spacial score (nSPS) is 11.2. The smallest absolute Gasteiger partial charge is 0.263 e. The number of aryl methyl sites for hydroxylation is 2. The summed E-state index contributed by atoms with van der Waals surface area (Å²) in [6.07, 6.45) is 0. The van der Waals surface area contributed by atoms with Gasteiger partial charge in [-0.05, 0) is 52.6 Å². The predicted octanol–water partition coefficient (Wildman–Crippen LogP) is 3.17. The maximum Gasteiger partial charge on any atom is 0.263 e. The number of fused-ring (bicyclic) bond motifs is 1. The lowest BCUT2D eigenvalue weighted by Gasteiger charge is -2.16. The zero-order valence-corrected chi connectivity index (χ0v) is 18.2. The summed E-state index contributed by atoms with van der Waals surface area (Å²) < 4.78 is 7.04. The average molecular weight is 415 g/mol. The van der Waals surface area contributed by atoms with Gasteiger partial charge in [-0.25, -0.2) is 4.98 Å². The summed E-state index contributed by atoms with van der Waals surface area (Å²) in [5.74, 6) is 0.870. The minimum absolute atomic E-state index is 0.111. The van der Waals surface area contributed by atoms with Gasteiger partial charge in [0.25, 0.3) is 5.56 Å². The fourth-order valence-corrected chi connectivity index (χ4v) is 4.16. The number of para-hydroxylation sites is 2. The van der Waals surface area contributed by atoms with Crippen molar-refractivity contribution in [1.29, 1.82) is 0 Å². The Morgan fingerprint density at radius 1 is 1.28 bits per heavy atom. The predicted molar refractivity (Wildman–Crippen MR) is 117 cm³/mol. The van der Waals surface area contributed by atoms with Gasteiger partial charge in [0.2, 0.25) is 5.91 Å². The molecule has 0 bridgehead atoms. The summed E-state index contributed by atoms with van der Waals surface area (Å²) in [5.41, 5.74) is 1.33. The second-order valence-electron chi connectivity index (χ2n) is 7.10. The number of rotatable bonds is 7. The molecule has 29 heavy (non-hydrogen) atoms. The van der Waals surface area contributed by atoms with Crippen LogP contribution >= 0.6 is 11.3 Å². The molecule has 0 spiro atoms. The molecule has 3 rings (SSSR count). The molecule has 2 heterocycles. The van der Waals surface area contributed by atoms with Gasteiger partial charge in [0, 0.05) is 4.88 Å². The number of ether oxygens (including phenoxy) is 1. The van der Waals surface area contributed by atoms with E-state index in [4.69, 9.17) is 9.72 Å². The molecule has 0 aliphatic heterocycles. The topological polar surface area (TPSA) is 76.5 Å². The molecular weight excluding hydrogens is 388 g/mol. The van der Waals surface area contributed by atoms with Crippen molar-refractivity contribution >= 4 is 33.1 Å². The van der Waals surface area contributed by atoms with Crippen molar-refractivity contribution in [1.82, 2.24) is 14.5 Å². The van der Waals surface area contributed by atoms with Crippen LogP contribution < -0.4 is 15.6 Å². The van der Waals surface area contributed by atoms with Crippen molar-refractivity contribution in [3.05, 3.63) is 50.9 Å². The number of nitrogens with zero attached hydrogens (tertiary/aromatic N) is 3. The summed E-state index contributed by atoms with van der Waals surface area (Å²) in [7, 11) is 3.81. The first-order chi connectivity index (χ1) is 13.8. The highest BCUT2D eigenvalue weighted by Crippen LogP contribution is 2.27. The molecule has 0 aliphatic rings. The van der Waals surface area contributed by atoms with Crippen molar-refractivity contribution in [2.24, 2.45) is 0 Å². The summed E-state index contributed by atoms with van der Waals surface area (Å²) in [6, 6.07) is 7.25. The Kier molecular flexibility index (Phi) is 6.34. The number of nitrogens with one attached hydrogen (secondary N) is 1. The van der Waals surface area contributed by atoms with Gasteiger partial charge in [0.05, 0.1) is 24.2 Å². The van der Waals surface area contributed by atoms with E-state index in [2.05, 4.69) is 5.32 Å². The Balaban J connectivity index is 1.98. The second-order valence-corrected chi connectivity index (χ2v) is 8.30. The molecule has 0 unspecified atom stereocenters. The Morgan fingerprint density at radius 2 is 2.00 bits per heavy atom. The minimum atomic E-state index is -0.301. The Bertz CT molecular complexity index is 1100. The number of anilines is 1. The lowest BCUT2D eigenvalue weighted by Crippen LogP contribution is -2.33. The van der Waals surface area contributed by atoms with E-state index in [0.717, 1.165) is 15.3 Å². The number of hydrogen-bond acceptors (Lipinski definition) is 6. The van der Waals surface area contributed by atoms with Crippen molar-refractivity contribution in [3.63, 3.8) is 0 Å². The molecule has 3 aromatic rings. The molecule has 0 aliphatic carbocycles. The largest absolute Gasteiger partial charge is 0.492 e. The third-order valence-corrected chi connectivity index (χ3v) is 5.69. The summed E-state index contributed by atoms with van der Waals surface area (Å²) in [6.45, 7) is 6.64. The van der Waals surface area contributed by atoms with Crippen LogP contribution in [0.15, 0.2) is 29.1 Å². The van der Waals surface area contributed by atoms with Gasteiger partial charge >= 0.3 is 0 Å². The average Bonchev–Trinajstić information content (AvgIpc) is 2.94. The molecule has 2 aromatic heterocycles. The second kappa shape index (κ2) is 8.75. The first kappa shape index (κ1) is 21.0. The summed E-state index contributed by atoms with van der Waals surface area (Å²) in [4.78, 5) is 34.4. The lowest BCUT2D eigenvalue weighted by atomic mass is 10.2. The molecule has 1 N–H and O–H groups in total. The molecule has 0 saturated heterocycles. The monoisotopic (exact) mass is 414 g/mol. The van der Waals surface area contributed by atoms with Gasteiger partial charge in [-0.15, -0.1) is 11.3 Å². The highest BCUT2D eigenvalue weighted by Gasteiger charge is 2.19. The highest BCUT2D eigenvalue weighted by molar-refractivity contribution is 7.18. The molecule has 1 amide bonds. The molecule has 0 fully saturated rings. The van der Waals surface area contributed by atoms with Gasteiger partial charge in [-0.2, -0.15) is 0 Å². The van der Waals surface area contributed by atoms with Crippen LogP contribution in [-0.2, 0) is 17.9 Å². The van der Waals surface area contributed by atoms with E-state index in [1.165, 1.54) is 15.9 Å². The number of aromatic nitrogens is 2. The SMILES string of the molecule is CCOc1ccccc1NC(=O)Cn1c(CN(C)C)nc2sc(C)c(C)c2c1=O. The van der Waals surface area contributed by atoms with E-state index in [1.807, 2.05) is 51.9 Å². The zero-order valence-electron chi connectivity index (χ0n) is 17.4. The van der Waals surface area contributed by atoms with Gasteiger partial charge in [-0.3, -0.25) is 14.2 Å². The summed E-state index contributed by atoms with van der Waals surface area (Å²) in [5, 5.41) is 3.45. The number of hydrogen-bond donors (Lipinski definition) is 1. The highest BCUT2D eigenvalue weighted by atomic mass is 32.1. The van der Waals surface area contributed by atoms with E-state index in [9.17, 15) is 9.59 Å². The third kappa shape index (κ3) is 4.49. The molecule has 8 heteroatoms. The maximum atomic E-state index is 13.2. The quantitative estimate of drug-likeness (QED) is 0.643. The Labute approximate surface area is 173 Å². The summed E-state index contributed by atoms with van der Waals surface area (Å²) >= 11 is 1.51. The van der Waals surface area contributed by atoms with Crippen LogP contribution in [0.1, 0.15) is 23.2 Å². The van der Waals surface area contributed by atoms with Crippen molar-refractivity contribution in [3.8, 4) is 5.75 Å². The standard InChI is InChI=1S/C21H26N4O3S/c1-6-28-16-10-8-7-9-15(16)22-18(26)12-25-17(11-24(4)5)23-20-19(21(25)27)13(2)14(3)29-20/h7-10H,6,11-12H2,1-5H3,(H,22,26). The van der Waals surface area contributed by atoms with Crippen molar-refractivity contribution < 1.29 is 9.53 Å². The van der Waals surface area contributed by atoms with E-state index in [1.54, 1.807) is 12.1 Å². The van der Waals surface area contributed by atoms with Gasteiger partial charge in [0.15, 0.2) is 0 Å². The molecule has 0 radical (unpaired) electrons. The Morgan fingerprint density at radius 3 is 2.69 bits per heavy atom. The van der Waals surface area contributed by atoms with Crippen molar-refractivity contribution in [2.45, 2.75) is 33.9 Å². The van der Waals surface area contributed by atoms with Crippen LogP contribution in [-0.4, -0.2) is 41.1 Å². The molecule has 7 nitrogen and oxygen atoms in total. The number of thiophene rings is 1. The fourth-order valence-electron chi connectivity index (χ4n) is 3.12. The van der Waals surface area contributed by atoms with Gasteiger partial charge in [-0.1, -0.05) is 12.1 Å². The number of amides is 1. The van der Waals surface area contributed by atoms with E-state index < -0.39 is 0 Å². The van der Waals surface area contributed by atoms with Crippen LogP contribution in [0.2, 0.25) is 0 Å². The number of carbonyl (C=O) groups excluding carboxylic acids is 1. The first-order valence-electron chi connectivity index (χ1n) is 9.47. The van der Waals surface area contributed by atoms with Crippen LogP contribution in [0.4, 0.5) is 5.69 Å². The lowest BCUT2D eigenvalue weighted by molar-refractivity contribution is -0.116. The number of benzene rings is 1. The zero-order chi connectivity index (χ0) is 21.1. The first-order valence-corrected chi connectivity index (χ1v) is 10.3. The van der Waals surface area contributed by atoms with Crippen LogP contribution in [0.25, 0.3) is 10.2 Å². The molecule has 154 valence electrons. The van der Waals surface area contributed by atoms with Gasteiger partial charge in [0.1, 0.15) is 22.9 Å². The van der Waals surface area contributed by atoms with Crippen molar-refractivity contribution in [2.75, 3.05) is 26.0 Å². The van der Waals surface area contributed by atoms with E-state index >= 15 is 0 Å². The Hall–Kier alpha value is -2.71. The van der Waals surface area contributed by atoms with Crippen LogP contribution in [0, 0.1) is 13.8 Å². The van der Waals surface area contributed by atoms with Gasteiger partial charge < -0.3 is 15.0 Å². The molecule has 0 saturated carbocycles. The molecular formula is C21H26N4O3S. The number of carbonyl (C=O) groups is 1. The maximum absolute atomic E-state index is 13.2.